The number of carbonyl (C=O) groups is 1. The smallest absolute Gasteiger partial charge is 0.222 e. The second-order valence-electron chi connectivity index (χ2n) is 9.00. The molecule has 4 nitrogen and oxygen atoms in total. The maximum atomic E-state index is 11.7. The van der Waals surface area contributed by atoms with Gasteiger partial charge in [0.2, 0.25) is 5.91 Å². The van der Waals surface area contributed by atoms with E-state index in [0.29, 0.717) is 18.3 Å². The minimum absolute atomic E-state index is 0.0408. The van der Waals surface area contributed by atoms with E-state index in [1.807, 2.05) is 6.08 Å². The van der Waals surface area contributed by atoms with Crippen molar-refractivity contribution in [1.29, 1.82) is 0 Å². The summed E-state index contributed by atoms with van der Waals surface area (Å²) in [6.45, 7) is 2.21. The van der Waals surface area contributed by atoms with Crippen molar-refractivity contribution in [1.82, 2.24) is 4.90 Å². The molecule has 5 atom stereocenters. The minimum atomic E-state index is -0.540. The maximum absolute atomic E-state index is 11.7. The highest BCUT2D eigenvalue weighted by Gasteiger charge is 2.46. The number of allylic oxidation sites excluding steroid dienone is 3. The van der Waals surface area contributed by atoms with Crippen LogP contribution in [0.5, 0.6) is 0 Å². The van der Waals surface area contributed by atoms with Crippen LogP contribution in [0.15, 0.2) is 23.8 Å². The van der Waals surface area contributed by atoms with Crippen LogP contribution in [-0.4, -0.2) is 47.3 Å². The van der Waals surface area contributed by atoms with Crippen LogP contribution < -0.4 is 0 Å². The van der Waals surface area contributed by atoms with E-state index in [9.17, 15) is 15.0 Å². The van der Waals surface area contributed by atoms with Crippen molar-refractivity contribution >= 4 is 5.91 Å². The molecule has 0 heterocycles. The number of aliphatic hydroxyl groups excluding tert-OH is 2. The first kappa shape index (κ1) is 23.2. The van der Waals surface area contributed by atoms with Gasteiger partial charge in [0.25, 0.3) is 0 Å². The predicted octanol–water partition coefficient (Wildman–Crippen LogP) is 4.47. The van der Waals surface area contributed by atoms with Gasteiger partial charge in [0.1, 0.15) is 0 Å². The molecule has 2 rings (SSSR count). The number of carbonyl (C=O) groups excluding carboxylic acids is 1. The van der Waals surface area contributed by atoms with E-state index < -0.39 is 12.2 Å². The highest BCUT2D eigenvalue weighted by molar-refractivity contribution is 5.75. The van der Waals surface area contributed by atoms with Crippen LogP contribution in [0.3, 0.4) is 0 Å². The monoisotopic (exact) mass is 391 g/mol. The Morgan fingerprint density at radius 3 is 2.75 bits per heavy atom. The second kappa shape index (κ2) is 11.8. The summed E-state index contributed by atoms with van der Waals surface area (Å²) in [6.07, 6.45) is 16.8. The number of aliphatic hydroxyl groups is 2. The topological polar surface area (TPSA) is 60.8 Å². The quantitative estimate of drug-likeness (QED) is 0.381. The lowest BCUT2D eigenvalue weighted by Gasteiger charge is -2.25. The number of hydrogen-bond acceptors (Lipinski definition) is 3. The third-order valence-electron chi connectivity index (χ3n) is 6.54. The molecule has 2 N–H and O–H groups in total. The molecule has 0 aliphatic heterocycles. The van der Waals surface area contributed by atoms with E-state index in [1.165, 1.54) is 31.3 Å². The fraction of sp³-hybridized carbons (Fsp3) is 0.792. The summed E-state index contributed by atoms with van der Waals surface area (Å²) in [5.74, 6) is 0.935. The van der Waals surface area contributed by atoms with Gasteiger partial charge in [-0.2, -0.15) is 0 Å². The van der Waals surface area contributed by atoms with Gasteiger partial charge in [-0.25, -0.2) is 0 Å². The maximum Gasteiger partial charge on any atom is 0.222 e. The number of nitrogens with zero attached hydrogens (tertiary/aromatic N) is 1. The van der Waals surface area contributed by atoms with E-state index in [2.05, 4.69) is 19.1 Å². The molecular weight excluding hydrogens is 350 g/mol. The summed E-state index contributed by atoms with van der Waals surface area (Å²) in [7, 11) is 3.61. The molecule has 4 heteroatoms. The molecule has 0 aromatic carbocycles. The number of amides is 1. The Labute approximate surface area is 171 Å². The molecule has 1 fully saturated rings. The first-order valence-corrected chi connectivity index (χ1v) is 11.4. The van der Waals surface area contributed by atoms with Crippen LogP contribution >= 0.6 is 0 Å². The summed E-state index contributed by atoms with van der Waals surface area (Å²) in [5.41, 5.74) is 1.46. The molecule has 0 aromatic heterocycles. The fourth-order valence-corrected chi connectivity index (χ4v) is 4.91. The van der Waals surface area contributed by atoms with Gasteiger partial charge in [-0.3, -0.25) is 4.79 Å². The normalized spacial score (nSPS) is 27.8. The molecule has 1 amide bonds. The number of rotatable bonds is 12. The van der Waals surface area contributed by atoms with E-state index in [-0.39, 0.29) is 11.8 Å². The zero-order chi connectivity index (χ0) is 20.5. The molecule has 1 saturated carbocycles. The molecule has 2 aliphatic rings. The predicted molar refractivity (Wildman–Crippen MR) is 115 cm³/mol. The van der Waals surface area contributed by atoms with E-state index in [4.69, 9.17) is 0 Å². The molecule has 2 aliphatic carbocycles. The van der Waals surface area contributed by atoms with E-state index in [1.54, 1.807) is 19.0 Å². The van der Waals surface area contributed by atoms with E-state index >= 15 is 0 Å². The summed E-state index contributed by atoms with van der Waals surface area (Å²) >= 11 is 0. The first-order chi connectivity index (χ1) is 13.4. The van der Waals surface area contributed by atoms with Gasteiger partial charge >= 0.3 is 0 Å². The van der Waals surface area contributed by atoms with Gasteiger partial charge in [0, 0.05) is 26.4 Å². The van der Waals surface area contributed by atoms with Crippen LogP contribution in [0, 0.1) is 17.8 Å². The Bertz CT molecular complexity index is 540. The van der Waals surface area contributed by atoms with Crippen LogP contribution in [0.25, 0.3) is 0 Å². The van der Waals surface area contributed by atoms with Crippen molar-refractivity contribution in [2.75, 3.05) is 14.1 Å². The van der Waals surface area contributed by atoms with Crippen molar-refractivity contribution in [3.8, 4) is 0 Å². The molecule has 160 valence electrons. The summed E-state index contributed by atoms with van der Waals surface area (Å²) in [6, 6.07) is 0. The molecule has 0 saturated heterocycles. The van der Waals surface area contributed by atoms with Crippen molar-refractivity contribution in [2.24, 2.45) is 17.8 Å². The van der Waals surface area contributed by atoms with Crippen molar-refractivity contribution in [3.63, 3.8) is 0 Å². The van der Waals surface area contributed by atoms with Gasteiger partial charge in [0.05, 0.1) is 12.2 Å². The number of unbranched alkanes of at least 4 members (excludes halogenated alkanes) is 5. The van der Waals surface area contributed by atoms with Crippen LogP contribution in [-0.2, 0) is 4.79 Å². The highest BCUT2D eigenvalue weighted by atomic mass is 16.3. The van der Waals surface area contributed by atoms with Gasteiger partial charge in [-0.15, -0.1) is 0 Å². The summed E-state index contributed by atoms with van der Waals surface area (Å²) < 4.78 is 0. The lowest BCUT2D eigenvalue weighted by Crippen LogP contribution is -2.30. The number of fused-ring (bicyclic) bond motifs is 1. The SMILES string of the molecule is CCCCCC/C=C/[C@H](O)[C@@H]1[C@H]2CC(CCCCC(=O)N(C)C)=C[C@H]2C[C@H]1O. The lowest BCUT2D eigenvalue weighted by molar-refractivity contribution is -0.128. The summed E-state index contributed by atoms with van der Waals surface area (Å²) in [4.78, 5) is 13.3. The molecule has 0 spiro atoms. The summed E-state index contributed by atoms with van der Waals surface area (Å²) in [5, 5.41) is 21.2. The van der Waals surface area contributed by atoms with Crippen molar-refractivity contribution in [3.05, 3.63) is 23.8 Å². The zero-order valence-electron chi connectivity index (χ0n) is 18.1. The number of hydrogen-bond donors (Lipinski definition) is 2. The van der Waals surface area contributed by atoms with Gasteiger partial charge in [0.15, 0.2) is 0 Å². The molecule has 0 unspecified atom stereocenters. The van der Waals surface area contributed by atoms with Crippen molar-refractivity contribution < 1.29 is 15.0 Å². The average Bonchev–Trinajstić information content (AvgIpc) is 3.16. The zero-order valence-corrected chi connectivity index (χ0v) is 18.1. The fourth-order valence-electron chi connectivity index (χ4n) is 4.91. The van der Waals surface area contributed by atoms with Crippen LogP contribution in [0.2, 0.25) is 0 Å². The third kappa shape index (κ3) is 6.73. The minimum Gasteiger partial charge on any atom is -0.393 e. The molecule has 0 bridgehead atoms. The highest BCUT2D eigenvalue weighted by Crippen LogP contribution is 2.49. The molecule has 0 radical (unpaired) electrons. The molecule has 28 heavy (non-hydrogen) atoms. The standard InChI is InChI=1S/C24H41NO3/c1-4-5-6-7-8-9-13-21(26)24-20-16-18(15-19(20)17-22(24)27)12-10-11-14-23(28)25(2)3/h9,13,15,19-22,24,26-27H,4-8,10-12,14,16-17H2,1-3H3/b13-9+/t19-,20-,21-,22+,24-/m0/s1. The molecular formula is C24H41NO3. The molecule has 0 aromatic rings. The Kier molecular flexibility index (Phi) is 9.73. The second-order valence-corrected chi connectivity index (χ2v) is 9.00. The van der Waals surface area contributed by atoms with Gasteiger partial charge in [-0.05, 0) is 56.8 Å². The van der Waals surface area contributed by atoms with Crippen LogP contribution in [0.1, 0.15) is 77.6 Å². The lowest BCUT2D eigenvalue weighted by atomic mass is 9.85. The Hall–Kier alpha value is -1.13. The van der Waals surface area contributed by atoms with Crippen LogP contribution in [0.4, 0.5) is 0 Å². The van der Waals surface area contributed by atoms with Crippen molar-refractivity contribution in [2.45, 2.75) is 89.8 Å². The van der Waals surface area contributed by atoms with Gasteiger partial charge in [-0.1, -0.05) is 50.0 Å². The Morgan fingerprint density at radius 1 is 1.25 bits per heavy atom. The Balaban J connectivity index is 1.75. The largest absolute Gasteiger partial charge is 0.393 e. The third-order valence-corrected chi connectivity index (χ3v) is 6.54. The van der Waals surface area contributed by atoms with E-state index in [0.717, 1.165) is 38.5 Å². The first-order valence-electron chi connectivity index (χ1n) is 11.4. The Morgan fingerprint density at radius 2 is 2.04 bits per heavy atom. The van der Waals surface area contributed by atoms with Gasteiger partial charge < -0.3 is 15.1 Å². The average molecular weight is 392 g/mol.